The fraction of sp³-hybridized carbons (Fsp3) is 0.433. The molecule has 1 aromatic heterocycles. The van der Waals surface area contributed by atoms with Gasteiger partial charge in [0.15, 0.2) is 19.9 Å². The number of quaternary nitrogens is 1. The molecule has 0 saturated heterocycles. The van der Waals surface area contributed by atoms with Crippen LogP contribution >= 0.6 is 11.8 Å². The lowest BCUT2D eigenvalue weighted by Gasteiger charge is -2.36. The summed E-state index contributed by atoms with van der Waals surface area (Å²) in [6, 6.07) is 10.6. The van der Waals surface area contributed by atoms with Gasteiger partial charge in [0.1, 0.15) is 18.6 Å². The van der Waals surface area contributed by atoms with E-state index in [1.165, 1.54) is 38.3 Å². The lowest BCUT2D eigenvalue weighted by Crippen LogP contribution is -3.00. The van der Waals surface area contributed by atoms with Crippen molar-refractivity contribution in [2.24, 2.45) is 5.10 Å². The molecule has 2 N–H and O–H groups in total. The van der Waals surface area contributed by atoms with Crippen LogP contribution in [0, 0.1) is 17.9 Å². The smallest absolute Gasteiger partial charge is 0.223 e. The summed E-state index contributed by atoms with van der Waals surface area (Å²) in [5, 5.41) is 22.2. The van der Waals surface area contributed by atoms with Gasteiger partial charge in [0.2, 0.25) is 11.7 Å². The maximum Gasteiger partial charge on any atom is 0.223 e. The van der Waals surface area contributed by atoms with Crippen LogP contribution in [0.15, 0.2) is 50.9 Å². The Hall–Kier alpha value is -3.27. The maximum absolute atomic E-state index is 16.2. The fourth-order valence-electron chi connectivity index (χ4n) is 3.72. The van der Waals surface area contributed by atoms with Gasteiger partial charge in [-0.25, -0.2) is 4.39 Å². The Labute approximate surface area is 263 Å². The minimum Gasteiger partial charge on any atom is -0.572 e. The lowest BCUT2D eigenvalue weighted by molar-refractivity contribution is -1.05. The molecule has 3 rings (SSSR count). The monoisotopic (exact) mass is 647 g/mol. The van der Waals surface area contributed by atoms with Crippen molar-refractivity contribution in [2.75, 3.05) is 33.7 Å². The first kappa shape index (κ1) is 35.2. The van der Waals surface area contributed by atoms with Crippen LogP contribution in [0.2, 0.25) is 18.1 Å². The van der Waals surface area contributed by atoms with E-state index in [2.05, 4.69) is 59.3 Å². The first-order chi connectivity index (χ1) is 20.8. The second-order valence-corrected chi connectivity index (χ2v) is 17.0. The van der Waals surface area contributed by atoms with Gasteiger partial charge in [0.05, 0.1) is 31.4 Å². The third-order valence-electron chi connectivity index (χ3n) is 7.26. The minimum absolute atomic E-state index is 0.0163. The number of thioether (sulfide) groups is 1. The zero-order valence-corrected chi connectivity index (χ0v) is 28.6. The van der Waals surface area contributed by atoms with Gasteiger partial charge < -0.3 is 28.9 Å². The van der Waals surface area contributed by atoms with Gasteiger partial charge in [0.25, 0.3) is 0 Å². The molecule has 14 heteroatoms. The number of nitrogens with zero attached hydrogens (tertiary/aromatic N) is 3. The van der Waals surface area contributed by atoms with E-state index in [9.17, 15) is 5.21 Å². The van der Waals surface area contributed by atoms with Crippen molar-refractivity contribution in [3.63, 3.8) is 0 Å². The number of allylic oxidation sites excluding steroid dienone is 1. The molecule has 1 unspecified atom stereocenters. The number of aromatic nitrogens is 2. The number of halogens is 1. The number of hydrogen-bond acceptors (Lipinski definition) is 11. The van der Waals surface area contributed by atoms with Crippen molar-refractivity contribution in [1.29, 1.82) is 0 Å². The van der Waals surface area contributed by atoms with E-state index in [4.69, 9.17) is 18.4 Å². The standard InChI is InChI=1S/C30H42FN5O6SSi/c1-20-34-29(35-42-20)22-12-10-21(11-13-22)18-32-28(26(43-7)19-33-36(37)39-6)24-16-23(38-5)17-25(27(24)31)40-14-15-41-44(8,9)30(2,3)4/h10-13,16-17,19,32,36H,14-15,18H2,1-9H3. The Morgan fingerprint density at radius 2 is 1.89 bits per heavy atom. The highest BCUT2D eigenvalue weighted by Gasteiger charge is 2.37. The van der Waals surface area contributed by atoms with Crippen molar-refractivity contribution < 1.29 is 33.0 Å². The summed E-state index contributed by atoms with van der Waals surface area (Å²) in [5.41, 5.74) is 2.28. The van der Waals surface area contributed by atoms with Gasteiger partial charge in [-0.05, 0) is 36.0 Å². The van der Waals surface area contributed by atoms with Crippen LogP contribution in [0.25, 0.3) is 17.1 Å². The number of ether oxygens (including phenoxy) is 2. The zero-order chi connectivity index (χ0) is 32.5. The van der Waals surface area contributed by atoms with Gasteiger partial charge in [0, 0.05) is 30.7 Å². The van der Waals surface area contributed by atoms with E-state index in [1.54, 1.807) is 19.2 Å². The largest absolute Gasteiger partial charge is 0.572 e. The molecule has 44 heavy (non-hydrogen) atoms. The molecule has 0 aliphatic rings. The predicted octanol–water partition coefficient (Wildman–Crippen LogP) is 5.34. The Balaban J connectivity index is 1.93. The molecule has 1 atom stereocenters. The van der Waals surface area contributed by atoms with E-state index in [1.807, 2.05) is 24.3 Å². The molecule has 0 fully saturated rings. The zero-order valence-electron chi connectivity index (χ0n) is 26.7. The van der Waals surface area contributed by atoms with E-state index in [0.717, 1.165) is 11.1 Å². The van der Waals surface area contributed by atoms with Crippen LogP contribution < -0.4 is 20.1 Å². The molecule has 0 radical (unpaired) electrons. The third kappa shape index (κ3) is 9.36. The molecule has 0 aliphatic heterocycles. The lowest BCUT2D eigenvalue weighted by atomic mass is 10.1. The van der Waals surface area contributed by atoms with Crippen molar-refractivity contribution in [3.8, 4) is 22.9 Å². The number of rotatable bonds is 15. The van der Waals surface area contributed by atoms with Crippen LogP contribution in [0.1, 0.15) is 37.8 Å². The molecule has 0 aliphatic carbocycles. The summed E-state index contributed by atoms with van der Waals surface area (Å²) in [7, 11) is 0.744. The van der Waals surface area contributed by atoms with Crippen LogP contribution in [0.5, 0.6) is 11.5 Å². The molecular weight excluding hydrogens is 606 g/mol. The molecule has 2 aromatic carbocycles. The van der Waals surface area contributed by atoms with Crippen molar-refractivity contribution in [2.45, 2.75) is 52.4 Å². The number of nitrogens with one attached hydrogen (secondary N) is 2. The fourth-order valence-corrected chi connectivity index (χ4v) is 5.29. The predicted molar refractivity (Wildman–Crippen MR) is 173 cm³/mol. The second kappa shape index (κ2) is 15.6. The Morgan fingerprint density at radius 3 is 2.45 bits per heavy atom. The van der Waals surface area contributed by atoms with Crippen molar-refractivity contribution >= 4 is 32.0 Å². The normalized spacial score (nSPS) is 13.6. The van der Waals surface area contributed by atoms with Crippen LogP contribution in [0.4, 0.5) is 4.39 Å². The first-order valence-electron chi connectivity index (χ1n) is 14.0. The van der Waals surface area contributed by atoms with Crippen LogP contribution in [-0.2, 0) is 15.8 Å². The van der Waals surface area contributed by atoms with E-state index in [0.29, 0.717) is 41.2 Å². The van der Waals surface area contributed by atoms with Crippen molar-refractivity contribution in [1.82, 2.24) is 15.5 Å². The van der Waals surface area contributed by atoms with E-state index in [-0.39, 0.29) is 23.0 Å². The molecule has 0 spiro atoms. The average Bonchev–Trinajstić information content (AvgIpc) is 3.43. The van der Waals surface area contributed by atoms with Gasteiger partial charge in [-0.3, -0.25) is 0 Å². The Kier molecular flexibility index (Phi) is 12.5. The molecule has 240 valence electrons. The van der Waals surface area contributed by atoms with Gasteiger partial charge in [-0.2, -0.15) is 9.82 Å². The summed E-state index contributed by atoms with van der Waals surface area (Å²) in [6.45, 7) is 13.3. The summed E-state index contributed by atoms with van der Waals surface area (Å²) >= 11 is 1.29. The van der Waals surface area contributed by atoms with E-state index >= 15 is 4.39 Å². The van der Waals surface area contributed by atoms with Gasteiger partial charge in [-0.15, -0.1) is 11.8 Å². The van der Waals surface area contributed by atoms with Gasteiger partial charge >= 0.3 is 0 Å². The number of hydrogen-bond donors (Lipinski definition) is 2. The summed E-state index contributed by atoms with van der Waals surface area (Å²) in [5.74, 6) is 0.785. The summed E-state index contributed by atoms with van der Waals surface area (Å²) < 4.78 is 38.8. The van der Waals surface area contributed by atoms with Crippen LogP contribution in [0.3, 0.4) is 0 Å². The Bertz CT molecular complexity index is 1440. The molecule has 0 saturated carbocycles. The third-order valence-corrected chi connectivity index (χ3v) is 12.6. The second-order valence-electron chi connectivity index (χ2n) is 11.3. The molecule has 3 aromatic rings. The molecule has 11 nitrogen and oxygen atoms in total. The quantitative estimate of drug-likeness (QED) is 0.0965. The minimum atomic E-state index is -1.99. The van der Waals surface area contributed by atoms with Crippen molar-refractivity contribution in [3.05, 3.63) is 69.3 Å². The molecular formula is C30H42FN5O6SSi. The highest BCUT2D eigenvalue weighted by Crippen LogP contribution is 2.37. The Morgan fingerprint density at radius 1 is 1.18 bits per heavy atom. The van der Waals surface area contributed by atoms with Crippen LogP contribution in [-0.4, -0.2) is 58.4 Å². The first-order valence-corrected chi connectivity index (χ1v) is 18.1. The average molecular weight is 648 g/mol. The molecule has 0 bridgehead atoms. The number of aryl methyl sites for hydroxylation is 1. The number of methoxy groups -OCH3 is 1. The molecule has 1 heterocycles. The van der Waals surface area contributed by atoms with E-state index < -0.39 is 19.5 Å². The molecule has 0 amide bonds. The summed E-state index contributed by atoms with van der Waals surface area (Å²) in [4.78, 5) is 9.41. The topological polar surface area (TPSA) is 128 Å². The SMILES string of the molecule is COc1cc(OCCO[Si](C)(C)C(C)(C)C)c(F)c(C(NCc2ccc(-c3noc(C)n3)cc2)=C(C=N[NH+]([O-])OC)SC)c1. The summed E-state index contributed by atoms with van der Waals surface area (Å²) in [6.07, 6.45) is 3.14. The maximum atomic E-state index is 16.2. The highest BCUT2D eigenvalue weighted by molar-refractivity contribution is 8.03. The number of benzene rings is 2. The highest BCUT2D eigenvalue weighted by atomic mass is 32.2. The van der Waals surface area contributed by atoms with Gasteiger partial charge in [-0.1, -0.05) is 60.6 Å².